The fraction of sp³-hybridized carbons (Fsp3) is 0.250. The number of rotatable bonds is 5. The topological polar surface area (TPSA) is 72.2 Å². The normalized spacial score (nSPS) is 20.3. The lowest BCUT2D eigenvalue weighted by atomic mass is 10.1. The van der Waals surface area contributed by atoms with E-state index in [4.69, 9.17) is 5.14 Å². The van der Waals surface area contributed by atoms with E-state index >= 15 is 0 Å². The van der Waals surface area contributed by atoms with Crippen molar-refractivity contribution in [1.82, 2.24) is 0 Å². The quantitative estimate of drug-likeness (QED) is 0.880. The molecule has 23 heavy (non-hydrogen) atoms. The zero-order valence-electron chi connectivity index (χ0n) is 12.2. The van der Waals surface area contributed by atoms with Gasteiger partial charge in [-0.3, -0.25) is 0 Å². The SMILES string of the molecule is NS(=O)(=O)c1ccc([C@@H]2C[C@H]2CNc2ccc(F)c(F)c2)cc1. The van der Waals surface area contributed by atoms with Crippen LogP contribution in [0.3, 0.4) is 0 Å². The fourth-order valence-electron chi connectivity index (χ4n) is 2.64. The van der Waals surface area contributed by atoms with Crippen molar-refractivity contribution in [2.75, 3.05) is 11.9 Å². The van der Waals surface area contributed by atoms with Gasteiger partial charge in [0, 0.05) is 12.2 Å². The molecule has 3 N–H and O–H groups in total. The molecule has 3 rings (SSSR count). The number of hydrogen-bond donors (Lipinski definition) is 2. The highest BCUT2D eigenvalue weighted by Gasteiger charge is 2.37. The van der Waals surface area contributed by atoms with E-state index in [0.717, 1.165) is 24.1 Å². The maximum absolute atomic E-state index is 13.1. The average Bonchev–Trinajstić information content (AvgIpc) is 3.27. The number of hydrogen-bond acceptors (Lipinski definition) is 3. The predicted octanol–water partition coefficient (Wildman–Crippen LogP) is 2.83. The van der Waals surface area contributed by atoms with Crippen molar-refractivity contribution >= 4 is 15.7 Å². The highest BCUT2D eigenvalue weighted by molar-refractivity contribution is 7.89. The highest BCUT2D eigenvalue weighted by atomic mass is 32.2. The molecule has 0 amide bonds. The summed E-state index contributed by atoms with van der Waals surface area (Å²) in [6.07, 6.45) is 0.964. The second-order valence-corrected chi connectivity index (χ2v) is 7.29. The van der Waals surface area contributed by atoms with Crippen LogP contribution in [0.5, 0.6) is 0 Å². The van der Waals surface area contributed by atoms with Gasteiger partial charge in [0.1, 0.15) is 0 Å². The number of benzene rings is 2. The van der Waals surface area contributed by atoms with Crippen molar-refractivity contribution in [3.05, 3.63) is 59.7 Å². The number of nitrogens with two attached hydrogens (primary N) is 1. The standard InChI is InChI=1S/C16H16F2N2O2S/c17-15-6-3-12(8-16(15)18)20-9-11-7-14(11)10-1-4-13(5-2-10)23(19,21)22/h1-6,8,11,14,20H,7,9H2,(H2,19,21,22)/t11-,14-/m0/s1. The summed E-state index contributed by atoms with van der Waals surface area (Å²) in [4.78, 5) is 0.0957. The summed E-state index contributed by atoms with van der Waals surface area (Å²) in [5.41, 5.74) is 1.59. The van der Waals surface area contributed by atoms with E-state index in [1.54, 1.807) is 12.1 Å². The molecule has 0 aliphatic heterocycles. The van der Waals surface area contributed by atoms with E-state index in [-0.39, 0.29) is 4.90 Å². The first-order valence-corrected chi connectivity index (χ1v) is 8.71. The van der Waals surface area contributed by atoms with Gasteiger partial charge < -0.3 is 5.32 Å². The molecule has 122 valence electrons. The maximum Gasteiger partial charge on any atom is 0.238 e. The van der Waals surface area contributed by atoms with Gasteiger partial charge in [-0.05, 0) is 54.2 Å². The summed E-state index contributed by atoms with van der Waals surface area (Å²) >= 11 is 0. The molecule has 2 aromatic rings. The van der Waals surface area contributed by atoms with Gasteiger partial charge in [-0.25, -0.2) is 22.3 Å². The molecule has 0 spiro atoms. The van der Waals surface area contributed by atoms with E-state index in [1.807, 2.05) is 0 Å². The fourth-order valence-corrected chi connectivity index (χ4v) is 3.16. The number of sulfonamides is 1. The molecule has 0 saturated heterocycles. The Labute approximate surface area is 133 Å². The third kappa shape index (κ3) is 3.68. The second-order valence-electron chi connectivity index (χ2n) is 5.73. The molecular weight excluding hydrogens is 322 g/mol. The Balaban J connectivity index is 1.58. The number of primary sulfonamides is 1. The largest absolute Gasteiger partial charge is 0.385 e. The van der Waals surface area contributed by atoms with Crippen LogP contribution in [0.15, 0.2) is 47.4 Å². The van der Waals surface area contributed by atoms with E-state index in [0.29, 0.717) is 24.1 Å². The smallest absolute Gasteiger partial charge is 0.238 e. The third-order valence-corrected chi connectivity index (χ3v) is 4.98. The van der Waals surface area contributed by atoms with Crippen LogP contribution in [0, 0.1) is 17.6 Å². The minimum absolute atomic E-state index is 0.0957. The van der Waals surface area contributed by atoms with Crippen LogP contribution >= 0.6 is 0 Å². The predicted molar refractivity (Wildman–Crippen MR) is 83.5 cm³/mol. The summed E-state index contributed by atoms with van der Waals surface area (Å²) in [6, 6.07) is 10.3. The molecule has 2 aromatic carbocycles. The molecule has 7 heteroatoms. The van der Waals surface area contributed by atoms with Gasteiger partial charge in [-0.2, -0.15) is 0 Å². The number of halogens is 2. The van der Waals surface area contributed by atoms with Crippen molar-refractivity contribution in [3.63, 3.8) is 0 Å². The molecule has 1 aliphatic carbocycles. The minimum Gasteiger partial charge on any atom is -0.385 e. The van der Waals surface area contributed by atoms with Crippen molar-refractivity contribution < 1.29 is 17.2 Å². The lowest BCUT2D eigenvalue weighted by Gasteiger charge is -2.07. The van der Waals surface area contributed by atoms with Crippen LogP contribution in [0.2, 0.25) is 0 Å². The molecule has 1 fully saturated rings. The molecule has 0 aromatic heterocycles. The van der Waals surface area contributed by atoms with Crippen LogP contribution in [0.4, 0.5) is 14.5 Å². The molecule has 0 bridgehead atoms. The first-order chi connectivity index (χ1) is 10.8. The summed E-state index contributed by atoms with van der Waals surface area (Å²) in [7, 11) is -3.67. The maximum atomic E-state index is 13.1. The van der Waals surface area contributed by atoms with Crippen LogP contribution < -0.4 is 10.5 Å². The van der Waals surface area contributed by atoms with E-state index in [9.17, 15) is 17.2 Å². The Morgan fingerprint density at radius 2 is 1.78 bits per heavy atom. The minimum atomic E-state index is -3.67. The zero-order valence-corrected chi connectivity index (χ0v) is 13.0. The Morgan fingerprint density at radius 3 is 2.39 bits per heavy atom. The lowest BCUT2D eigenvalue weighted by molar-refractivity contribution is 0.509. The van der Waals surface area contributed by atoms with Gasteiger partial charge in [-0.1, -0.05) is 12.1 Å². The Kier molecular flexibility index (Phi) is 4.08. The van der Waals surface area contributed by atoms with Crippen molar-refractivity contribution in [3.8, 4) is 0 Å². The van der Waals surface area contributed by atoms with Crippen LogP contribution in [-0.2, 0) is 10.0 Å². The van der Waals surface area contributed by atoms with Crippen molar-refractivity contribution in [2.24, 2.45) is 11.1 Å². The monoisotopic (exact) mass is 338 g/mol. The van der Waals surface area contributed by atoms with Gasteiger partial charge in [0.25, 0.3) is 0 Å². The molecule has 4 nitrogen and oxygen atoms in total. The Bertz CT molecular complexity index is 822. The van der Waals surface area contributed by atoms with Crippen LogP contribution in [0.25, 0.3) is 0 Å². The summed E-state index contributed by atoms with van der Waals surface area (Å²) in [5, 5.41) is 8.15. The summed E-state index contributed by atoms with van der Waals surface area (Å²) < 4.78 is 48.4. The molecule has 1 aliphatic rings. The van der Waals surface area contributed by atoms with Gasteiger partial charge in [0.15, 0.2) is 11.6 Å². The first-order valence-electron chi connectivity index (χ1n) is 7.16. The second kappa shape index (κ2) is 5.90. The van der Waals surface area contributed by atoms with E-state index in [2.05, 4.69) is 5.32 Å². The van der Waals surface area contributed by atoms with Crippen molar-refractivity contribution in [1.29, 1.82) is 0 Å². The van der Waals surface area contributed by atoms with Gasteiger partial charge >= 0.3 is 0 Å². The van der Waals surface area contributed by atoms with Gasteiger partial charge in [-0.15, -0.1) is 0 Å². The molecular formula is C16H16F2N2O2S. The molecule has 0 unspecified atom stereocenters. The zero-order chi connectivity index (χ0) is 16.6. The molecule has 1 saturated carbocycles. The molecule has 2 atom stereocenters. The lowest BCUT2D eigenvalue weighted by Crippen LogP contribution is -2.11. The summed E-state index contributed by atoms with van der Waals surface area (Å²) in [5.74, 6) is -1.03. The molecule has 0 heterocycles. The average molecular weight is 338 g/mol. The number of nitrogens with one attached hydrogen (secondary N) is 1. The Morgan fingerprint density at radius 1 is 1.09 bits per heavy atom. The van der Waals surface area contributed by atoms with Gasteiger partial charge in [0.05, 0.1) is 4.90 Å². The van der Waals surface area contributed by atoms with Gasteiger partial charge in [0.2, 0.25) is 10.0 Å². The van der Waals surface area contributed by atoms with E-state index < -0.39 is 21.7 Å². The van der Waals surface area contributed by atoms with Crippen LogP contribution in [-0.4, -0.2) is 15.0 Å². The molecule has 0 radical (unpaired) electrons. The third-order valence-electron chi connectivity index (χ3n) is 4.05. The Hall–Kier alpha value is -1.99. The van der Waals surface area contributed by atoms with Crippen LogP contribution in [0.1, 0.15) is 17.9 Å². The highest BCUT2D eigenvalue weighted by Crippen LogP contribution is 2.47. The van der Waals surface area contributed by atoms with E-state index in [1.165, 1.54) is 18.2 Å². The first kappa shape index (κ1) is 15.9. The van der Waals surface area contributed by atoms with Crippen molar-refractivity contribution in [2.45, 2.75) is 17.2 Å². The number of anilines is 1. The summed E-state index contributed by atoms with van der Waals surface area (Å²) in [6.45, 7) is 0.646.